The van der Waals surface area contributed by atoms with Crippen molar-refractivity contribution in [2.24, 2.45) is 65.1 Å². The SMILES string of the molecule is CC1C[C@@H]2CN(c3ccc(Cl)c(Cl)c3)C[C@@H]2C1.CCOC(=O)c1n[nH]nc1SC1C[C@@H]2CN(c3ccc(Cl)c(Cl)c3)C[C@@H]2C1.CCOC(=O)c1nnn(Cc2ccc(OC)cc2)c1SC1C[C@@H]2CN(c3ccc(Cl)c(Cl)c3)C[C@@H]2C1.O=C(O)c1n[nH]nc1SC1C[C@@H]2CN(c3ccc(Cl)c(Cl)c3)C[C@@H]2C1.OC1C[C@@H]2CN(c3ccc(Cl)c(Cl)c3)C[C@@H]2C1. The number of fused-ring (bicyclic) bond motifs is 5. The summed E-state index contributed by atoms with van der Waals surface area (Å²) in [5.74, 6) is 6.54. The highest BCUT2D eigenvalue weighted by Gasteiger charge is 2.47. The van der Waals surface area contributed by atoms with Crippen LogP contribution in [0.3, 0.4) is 0 Å². The number of aromatic amines is 2. The van der Waals surface area contributed by atoms with Gasteiger partial charge in [-0.1, -0.05) is 164 Å². The lowest BCUT2D eigenvalue weighted by Gasteiger charge is -2.21. The zero-order valence-corrected chi connectivity index (χ0v) is 77.6. The van der Waals surface area contributed by atoms with Gasteiger partial charge in [0.25, 0.3) is 0 Å². The lowest BCUT2D eigenvalue weighted by atomic mass is 10.0. The van der Waals surface area contributed by atoms with Gasteiger partial charge in [0.05, 0.1) is 83.2 Å². The zero-order valence-electron chi connectivity index (χ0n) is 67.6. The van der Waals surface area contributed by atoms with E-state index in [9.17, 15) is 19.5 Å². The Bertz CT molecular complexity index is 5030. The van der Waals surface area contributed by atoms with E-state index in [2.05, 4.69) is 78.6 Å². The van der Waals surface area contributed by atoms with Crippen molar-refractivity contribution in [3.63, 3.8) is 0 Å². The average molecular weight is 1920 g/mol. The largest absolute Gasteiger partial charge is 0.497 e. The lowest BCUT2D eigenvalue weighted by molar-refractivity contribution is 0.0505. The number of halogens is 10. The number of thioether (sulfide) groups is 3. The van der Waals surface area contributed by atoms with Crippen LogP contribution in [0.4, 0.5) is 28.4 Å². The number of ether oxygens (including phenoxy) is 3. The third kappa shape index (κ3) is 21.8. The van der Waals surface area contributed by atoms with Crippen molar-refractivity contribution in [1.29, 1.82) is 0 Å². The summed E-state index contributed by atoms with van der Waals surface area (Å²) in [6, 6.07) is 37.1. The molecule has 5 aliphatic carbocycles. The van der Waals surface area contributed by atoms with E-state index in [1.807, 2.05) is 114 Å². The number of methoxy groups -OCH3 is 1. The molecule has 0 amide bonds. The Labute approximate surface area is 773 Å². The fourth-order valence-electron chi connectivity index (χ4n) is 19.7. The number of aliphatic hydroxyl groups is 1. The molecule has 122 heavy (non-hydrogen) atoms. The summed E-state index contributed by atoms with van der Waals surface area (Å²) in [5.41, 5.74) is 7.38. The Kier molecular flexibility index (Phi) is 30.4. The highest BCUT2D eigenvalue weighted by molar-refractivity contribution is 8.00. The number of esters is 2. The molecule has 15 atom stereocenters. The molecule has 5 saturated heterocycles. The maximum atomic E-state index is 12.6. The molecular formula is C87H96Cl10N14O8S3. The summed E-state index contributed by atoms with van der Waals surface area (Å²) >= 11 is 65.5. The van der Waals surface area contributed by atoms with Crippen LogP contribution in [0.1, 0.15) is 122 Å². The van der Waals surface area contributed by atoms with E-state index in [1.54, 1.807) is 44.5 Å². The molecular weight excluding hydrogens is 1820 g/mol. The maximum Gasteiger partial charge on any atom is 0.361 e. The third-order valence-electron chi connectivity index (χ3n) is 25.4. The Hall–Kier alpha value is -6.14. The molecule has 0 bridgehead atoms. The summed E-state index contributed by atoms with van der Waals surface area (Å²) in [6.45, 7) is 17.5. The maximum absolute atomic E-state index is 12.6. The Morgan fingerprint density at radius 3 is 1.05 bits per heavy atom. The van der Waals surface area contributed by atoms with Crippen molar-refractivity contribution in [2.45, 2.75) is 128 Å². The zero-order chi connectivity index (χ0) is 85.7. The van der Waals surface area contributed by atoms with Crippen LogP contribution >= 0.6 is 151 Å². The molecule has 35 heteroatoms. The second kappa shape index (κ2) is 40.9. The molecule has 10 aliphatic rings. The first-order chi connectivity index (χ1) is 58.8. The number of rotatable bonds is 19. The number of hydrogen-bond donors (Lipinski definition) is 4. The summed E-state index contributed by atoms with van der Waals surface area (Å²) in [4.78, 5) is 47.7. The smallest absolute Gasteiger partial charge is 0.361 e. The van der Waals surface area contributed by atoms with Gasteiger partial charge in [-0.05, 0) is 252 Å². The molecule has 5 unspecified atom stereocenters. The molecule has 19 rings (SSSR count). The fourth-order valence-corrected chi connectivity index (χ4v) is 25.3. The van der Waals surface area contributed by atoms with Gasteiger partial charge in [0, 0.05) is 110 Å². The number of aromatic nitrogens is 9. The number of anilines is 5. The number of nitrogens with one attached hydrogen (secondary N) is 2. The number of hydrogen-bond acceptors (Lipinski definition) is 21. The molecule has 0 spiro atoms. The van der Waals surface area contributed by atoms with Crippen molar-refractivity contribution >= 4 is 198 Å². The van der Waals surface area contributed by atoms with Crippen LogP contribution in [0.25, 0.3) is 0 Å². The van der Waals surface area contributed by atoms with Gasteiger partial charge in [-0.2, -0.15) is 10.4 Å². The summed E-state index contributed by atoms with van der Waals surface area (Å²) < 4.78 is 17.4. The molecule has 22 nitrogen and oxygen atoms in total. The average Bonchev–Trinajstić information content (AvgIpc) is 1.65. The van der Waals surface area contributed by atoms with E-state index in [0.717, 1.165) is 161 Å². The van der Waals surface area contributed by atoms with E-state index in [-0.39, 0.29) is 17.5 Å². The lowest BCUT2D eigenvalue weighted by Crippen LogP contribution is -2.22. The number of carboxylic acids is 1. The van der Waals surface area contributed by atoms with E-state index in [0.29, 0.717) is 149 Å². The molecule has 0 radical (unpaired) electrons. The molecule has 8 heterocycles. The molecule has 6 aromatic carbocycles. The minimum atomic E-state index is -1.04. The van der Waals surface area contributed by atoms with Gasteiger partial charge in [-0.3, -0.25) is 0 Å². The number of carbonyl (C=O) groups is 3. The molecule has 5 saturated carbocycles. The molecule has 10 fully saturated rings. The predicted octanol–water partition coefficient (Wildman–Crippen LogP) is 21.6. The minimum Gasteiger partial charge on any atom is -0.497 e. The monoisotopic (exact) mass is 1910 g/mol. The fraction of sp³-hybridized carbons (Fsp3) is 0.483. The quantitative estimate of drug-likeness (QED) is 0.0549. The van der Waals surface area contributed by atoms with Gasteiger partial charge < -0.3 is 48.9 Å². The highest BCUT2D eigenvalue weighted by Crippen LogP contribution is 2.52. The number of aliphatic hydroxyl groups excluding tert-OH is 1. The van der Waals surface area contributed by atoms with Crippen LogP contribution in [-0.4, -0.2) is 182 Å². The number of carbonyl (C=O) groups excluding carboxylic acids is 2. The van der Waals surface area contributed by atoms with Gasteiger partial charge in [-0.25, -0.2) is 19.1 Å². The standard InChI is InChI=1S/C26H28Cl2N4O3S.C18H20Cl2N4O2S.C16H16Cl2N4O2S.C14H17Cl2N.C13H15Cl2NO/c1-3-35-26(33)24-25(32(30-29-24)13-16-4-7-20(34-2)8-5-16)36-21-10-17-14-31(15-18(17)11-21)19-6-9-22(27)23(28)12-19;1-2-26-18(25)16-17(22-23-21-16)27-13-5-10-8-24(9-11(10)6-13)12-3-4-14(19)15(20)7-12;17-12-2-1-10(5-13(12)18)22-6-8-3-11(4-9(8)7-22)25-15-14(16(23)24)19-21-20-15;1-9-4-10-7-17(8-11(10)5-9)12-2-3-13(15)14(16)6-12;14-12-2-1-10(5-13(12)15)16-6-8-3-11(17)4-9(8)7-16/h4-9,12,17-18,21H,3,10-11,13-15H2,1-2H3;3-4,7,10-11,13H,2,5-6,8-9H2,1H3,(H,21,22,23);1-2,5,8-9,11H,3-4,6-7H2,(H,23,24)(H,19,20,21);2-3,6,9-11H,4-5,7-8H2,1H3;1-2,5,8-9,11,17H,3-4,6-7H2/t17-,18+,21?;10-,11+,13?;8-,9+,11?;9?,10-,11+;8-,9+,11?. The molecule has 3 aromatic heterocycles. The number of nitrogens with zero attached hydrogens (tertiary/aromatic N) is 12. The van der Waals surface area contributed by atoms with E-state index in [1.165, 1.54) is 43.4 Å². The third-order valence-corrected chi connectivity index (χ3v) is 32.9. The van der Waals surface area contributed by atoms with Crippen molar-refractivity contribution in [3.05, 3.63) is 188 Å². The molecule has 650 valence electrons. The predicted molar refractivity (Wildman–Crippen MR) is 492 cm³/mol. The Morgan fingerprint density at radius 1 is 0.410 bits per heavy atom. The van der Waals surface area contributed by atoms with Gasteiger partial charge in [-0.15, -0.1) is 37.3 Å². The van der Waals surface area contributed by atoms with Gasteiger partial charge >= 0.3 is 17.9 Å². The van der Waals surface area contributed by atoms with Crippen molar-refractivity contribution in [3.8, 4) is 5.75 Å². The van der Waals surface area contributed by atoms with Crippen LogP contribution in [-0.2, 0) is 16.0 Å². The number of benzene rings is 6. The second-order valence-electron chi connectivity index (χ2n) is 33.4. The summed E-state index contributed by atoms with van der Waals surface area (Å²) in [6.07, 6.45) is 11.0. The molecule has 5 aliphatic heterocycles. The van der Waals surface area contributed by atoms with E-state index >= 15 is 0 Å². The van der Waals surface area contributed by atoms with Gasteiger partial charge in [0.1, 0.15) is 10.8 Å². The van der Waals surface area contributed by atoms with Gasteiger partial charge in [0.15, 0.2) is 10.1 Å². The Morgan fingerprint density at radius 2 is 0.721 bits per heavy atom. The van der Waals surface area contributed by atoms with Crippen LogP contribution in [0.2, 0.25) is 50.2 Å². The first-order valence-electron chi connectivity index (χ1n) is 41.4. The van der Waals surface area contributed by atoms with Crippen molar-refractivity contribution in [1.82, 2.24) is 45.8 Å². The van der Waals surface area contributed by atoms with E-state index < -0.39 is 17.9 Å². The van der Waals surface area contributed by atoms with Crippen LogP contribution in [0, 0.1) is 65.1 Å². The first kappa shape index (κ1) is 90.6. The topological polar surface area (TPSA) is 249 Å². The normalized spacial score (nSPS) is 25.7. The molecule has 9 aromatic rings. The minimum absolute atomic E-state index is 0.0134. The van der Waals surface area contributed by atoms with Gasteiger partial charge in [0.2, 0.25) is 17.1 Å². The van der Waals surface area contributed by atoms with E-state index in [4.69, 9.17) is 135 Å². The van der Waals surface area contributed by atoms with Crippen LogP contribution in [0.5, 0.6) is 5.75 Å². The Balaban J connectivity index is 0.000000122. The first-order valence-corrected chi connectivity index (χ1v) is 47.8. The number of carboxylic acid groups (broad SMARTS) is 1. The van der Waals surface area contributed by atoms with Crippen LogP contribution in [0.15, 0.2) is 130 Å². The summed E-state index contributed by atoms with van der Waals surface area (Å²) in [7, 11) is 1.65. The van der Waals surface area contributed by atoms with Crippen LogP contribution < -0.4 is 29.2 Å². The highest BCUT2D eigenvalue weighted by atomic mass is 35.5. The van der Waals surface area contributed by atoms with Crippen molar-refractivity contribution < 1.29 is 38.8 Å². The number of aromatic carboxylic acids is 1. The molecule has 4 N–H and O–H groups in total. The number of H-pyrrole nitrogens is 2. The second-order valence-corrected chi connectivity index (χ2v) is 41.3. The summed E-state index contributed by atoms with van der Waals surface area (Å²) in [5, 5.41) is 57.1. The van der Waals surface area contributed by atoms with Crippen molar-refractivity contribution in [2.75, 3.05) is 110 Å².